The van der Waals surface area contributed by atoms with E-state index in [9.17, 15) is 9.18 Å². The maximum absolute atomic E-state index is 13.5. The number of ether oxygens (including phenoxy) is 1. The van der Waals surface area contributed by atoms with Gasteiger partial charge in [0.05, 0.1) is 28.8 Å². The summed E-state index contributed by atoms with van der Waals surface area (Å²) in [6, 6.07) is 8.42. The first-order valence-electron chi connectivity index (χ1n) is 10.7. The lowest BCUT2D eigenvalue weighted by molar-refractivity contribution is 0.181. The Kier molecular flexibility index (Phi) is 5.06. The lowest BCUT2D eigenvalue weighted by atomic mass is 9.85. The van der Waals surface area contributed by atoms with Gasteiger partial charge in [0.25, 0.3) is 5.56 Å². The standard InChI is InChI=1S/C24H25FN4O2/c1-15-5-3-4-6-20(15)28-12-11-21-18(24(28)30)13-26-23-22(16-7-9-17(25)10-8-16)19(14-31-2)27-29(21)23/h7-13,15,20H,3-6,14H2,1-2H3/t15-,20+/m0/s1. The van der Waals surface area contributed by atoms with E-state index in [4.69, 9.17) is 9.84 Å². The first-order valence-corrected chi connectivity index (χ1v) is 10.7. The van der Waals surface area contributed by atoms with Crippen molar-refractivity contribution in [3.05, 3.63) is 64.6 Å². The van der Waals surface area contributed by atoms with Gasteiger partial charge in [0, 0.05) is 25.5 Å². The van der Waals surface area contributed by atoms with Crippen molar-refractivity contribution in [2.24, 2.45) is 5.92 Å². The molecule has 5 rings (SSSR count). The first-order chi connectivity index (χ1) is 15.1. The lowest BCUT2D eigenvalue weighted by Crippen LogP contribution is -2.30. The molecule has 3 aromatic heterocycles. The highest BCUT2D eigenvalue weighted by atomic mass is 19.1. The molecule has 31 heavy (non-hydrogen) atoms. The third kappa shape index (κ3) is 3.33. The quantitative estimate of drug-likeness (QED) is 0.478. The summed E-state index contributed by atoms with van der Waals surface area (Å²) in [6.07, 6.45) is 8.08. The van der Waals surface area contributed by atoms with Gasteiger partial charge in [-0.1, -0.05) is 31.9 Å². The molecule has 1 saturated carbocycles. The van der Waals surface area contributed by atoms with Crippen LogP contribution in [0.15, 0.2) is 47.5 Å². The predicted octanol–water partition coefficient (Wildman–Crippen LogP) is 4.75. The van der Waals surface area contributed by atoms with Crippen LogP contribution < -0.4 is 5.56 Å². The van der Waals surface area contributed by atoms with Gasteiger partial charge in [0.15, 0.2) is 5.65 Å². The van der Waals surface area contributed by atoms with Gasteiger partial charge in [-0.25, -0.2) is 13.9 Å². The molecule has 1 aliphatic rings. The number of fused-ring (bicyclic) bond motifs is 3. The molecule has 6 nitrogen and oxygen atoms in total. The molecule has 0 bridgehead atoms. The van der Waals surface area contributed by atoms with E-state index in [0.717, 1.165) is 30.4 Å². The number of hydrogen-bond donors (Lipinski definition) is 0. The number of hydrogen-bond acceptors (Lipinski definition) is 4. The Morgan fingerprint density at radius 2 is 1.94 bits per heavy atom. The third-order valence-electron chi connectivity index (χ3n) is 6.45. The van der Waals surface area contributed by atoms with Gasteiger partial charge < -0.3 is 9.30 Å². The predicted molar refractivity (Wildman–Crippen MR) is 118 cm³/mol. The molecule has 0 unspecified atom stereocenters. The molecule has 0 radical (unpaired) electrons. The van der Waals surface area contributed by atoms with Crippen molar-refractivity contribution in [2.75, 3.05) is 7.11 Å². The molecule has 160 valence electrons. The van der Waals surface area contributed by atoms with Crippen LogP contribution in [-0.2, 0) is 11.3 Å². The van der Waals surface area contributed by atoms with Crippen LogP contribution in [0.3, 0.4) is 0 Å². The van der Waals surface area contributed by atoms with Crippen LogP contribution in [0.5, 0.6) is 0 Å². The van der Waals surface area contributed by atoms with Crippen LogP contribution in [0.2, 0.25) is 0 Å². The van der Waals surface area contributed by atoms with E-state index in [0.29, 0.717) is 28.2 Å². The Morgan fingerprint density at radius 1 is 1.16 bits per heavy atom. The van der Waals surface area contributed by atoms with Gasteiger partial charge in [-0.3, -0.25) is 4.79 Å². The fourth-order valence-electron chi connectivity index (χ4n) is 4.85. The minimum absolute atomic E-state index is 0.0298. The minimum Gasteiger partial charge on any atom is -0.378 e. The number of nitrogens with zero attached hydrogens (tertiary/aromatic N) is 4. The lowest BCUT2D eigenvalue weighted by Gasteiger charge is -2.30. The molecular weight excluding hydrogens is 395 g/mol. The second kappa shape index (κ2) is 7.89. The van der Waals surface area contributed by atoms with Crippen molar-refractivity contribution in [3.8, 4) is 11.1 Å². The van der Waals surface area contributed by atoms with E-state index < -0.39 is 0 Å². The minimum atomic E-state index is -0.301. The average molecular weight is 420 g/mol. The summed E-state index contributed by atoms with van der Waals surface area (Å²) in [5.74, 6) is 0.174. The van der Waals surface area contributed by atoms with Crippen molar-refractivity contribution in [1.82, 2.24) is 19.2 Å². The molecule has 0 N–H and O–H groups in total. The van der Waals surface area contributed by atoms with Gasteiger partial charge in [-0.15, -0.1) is 0 Å². The number of methoxy groups -OCH3 is 1. The largest absolute Gasteiger partial charge is 0.378 e. The van der Waals surface area contributed by atoms with E-state index >= 15 is 0 Å². The van der Waals surface area contributed by atoms with Gasteiger partial charge >= 0.3 is 0 Å². The molecule has 7 heteroatoms. The number of rotatable bonds is 4. The molecule has 0 saturated heterocycles. The topological polar surface area (TPSA) is 61.4 Å². The molecular formula is C24H25FN4O2. The van der Waals surface area contributed by atoms with Crippen molar-refractivity contribution >= 4 is 16.6 Å². The second-order valence-electron chi connectivity index (χ2n) is 8.41. The molecule has 1 aromatic carbocycles. The van der Waals surface area contributed by atoms with E-state index in [2.05, 4.69) is 11.9 Å². The van der Waals surface area contributed by atoms with Gasteiger partial charge in [0.2, 0.25) is 0 Å². The molecule has 1 fully saturated rings. The molecule has 1 aliphatic carbocycles. The zero-order valence-corrected chi connectivity index (χ0v) is 17.7. The maximum atomic E-state index is 13.5. The zero-order valence-electron chi connectivity index (χ0n) is 17.7. The molecule has 0 spiro atoms. The van der Waals surface area contributed by atoms with Crippen LogP contribution in [0.25, 0.3) is 27.7 Å². The molecule has 3 heterocycles. The highest BCUT2D eigenvalue weighted by molar-refractivity contribution is 5.86. The summed E-state index contributed by atoms with van der Waals surface area (Å²) in [6.45, 7) is 2.51. The smallest absolute Gasteiger partial charge is 0.261 e. The second-order valence-corrected chi connectivity index (χ2v) is 8.41. The highest BCUT2D eigenvalue weighted by Gasteiger charge is 2.25. The van der Waals surface area contributed by atoms with E-state index in [1.807, 2.05) is 16.8 Å². The summed E-state index contributed by atoms with van der Waals surface area (Å²) < 4.78 is 22.4. The van der Waals surface area contributed by atoms with Crippen LogP contribution in [0.1, 0.15) is 44.3 Å². The zero-order chi connectivity index (χ0) is 21.5. The fourth-order valence-corrected chi connectivity index (χ4v) is 4.85. The van der Waals surface area contributed by atoms with Crippen LogP contribution in [-0.4, -0.2) is 26.3 Å². The average Bonchev–Trinajstić information content (AvgIpc) is 3.14. The summed E-state index contributed by atoms with van der Waals surface area (Å²) in [4.78, 5) is 18.0. The summed E-state index contributed by atoms with van der Waals surface area (Å²) >= 11 is 0. The summed E-state index contributed by atoms with van der Waals surface area (Å²) in [7, 11) is 1.61. The number of pyridine rings is 1. The summed E-state index contributed by atoms with van der Waals surface area (Å²) in [5.41, 5.74) is 3.58. The Labute approximate surface area is 179 Å². The van der Waals surface area contributed by atoms with E-state index in [-0.39, 0.29) is 24.0 Å². The fraction of sp³-hybridized carbons (Fsp3) is 0.375. The Balaban J connectivity index is 1.71. The maximum Gasteiger partial charge on any atom is 0.261 e. The molecule has 0 aliphatic heterocycles. The Morgan fingerprint density at radius 3 is 2.68 bits per heavy atom. The summed E-state index contributed by atoms with van der Waals surface area (Å²) in [5, 5.41) is 5.26. The van der Waals surface area contributed by atoms with Crippen molar-refractivity contribution < 1.29 is 9.13 Å². The van der Waals surface area contributed by atoms with Crippen molar-refractivity contribution in [1.29, 1.82) is 0 Å². The van der Waals surface area contributed by atoms with Gasteiger partial charge in [0.1, 0.15) is 5.82 Å². The van der Waals surface area contributed by atoms with E-state index in [1.165, 1.54) is 18.6 Å². The molecule has 4 aromatic rings. The SMILES string of the molecule is COCc1nn2c(ncc3c(=O)n([C@@H]4CCCC[C@@H]4C)ccc32)c1-c1ccc(F)cc1. The normalized spacial score (nSPS) is 19.3. The Bertz CT molecular complexity index is 1310. The van der Waals surface area contributed by atoms with Crippen molar-refractivity contribution in [2.45, 2.75) is 45.3 Å². The van der Waals surface area contributed by atoms with Crippen LogP contribution in [0.4, 0.5) is 4.39 Å². The molecule has 2 atom stereocenters. The Hall–Kier alpha value is -3.06. The van der Waals surface area contributed by atoms with Crippen molar-refractivity contribution in [3.63, 3.8) is 0 Å². The third-order valence-corrected chi connectivity index (χ3v) is 6.45. The monoisotopic (exact) mass is 420 g/mol. The number of aromatic nitrogens is 4. The first kappa shape index (κ1) is 19.9. The number of benzene rings is 1. The highest BCUT2D eigenvalue weighted by Crippen LogP contribution is 2.33. The van der Waals surface area contributed by atoms with Crippen LogP contribution in [0, 0.1) is 11.7 Å². The van der Waals surface area contributed by atoms with E-state index in [1.54, 1.807) is 30.0 Å². The van der Waals surface area contributed by atoms with Crippen LogP contribution >= 0.6 is 0 Å². The number of halogens is 1. The van der Waals surface area contributed by atoms with Gasteiger partial charge in [-0.05, 0) is 42.5 Å². The molecule has 0 amide bonds. The van der Waals surface area contributed by atoms with Gasteiger partial charge in [-0.2, -0.15) is 5.10 Å².